The van der Waals surface area contributed by atoms with Crippen LogP contribution < -0.4 is 20.7 Å². The highest BCUT2D eigenvalue weighted by molar-refractivity contribution is 5.51. The Morgan fingerprint density at radius 3 is 2.43 bits per heavy atom. The molecule has 0 saturated heterocycles. The first-order valence-electron chi connectivity index (χ1n) is 6.55. The molecule has 1 unspecified atom stereocenters. The Bertz CT molecular complexity index is 632. The van der Waals surface area contributed by atoms with Gasteiger partial charge in [0.25, 0.3) is 0 Å². The second kappa shape index (κ2) is 6.56. The number of nitrogens with one attached hydrogen (secondary N) is 1. The summed E-state index contributed by atoms with van der Waals surface area (Å²) < 4.78 is 24.0. The summed E-state index contributed by atoms with van der Waals surface area (Å²) in [5, 5.41) is 0. The lowest BCUT2D eigenvalue weighted by molar-refractivity contribution is 0.349. The highest BCUT2D eigenvalue weighted by Gasteiger charge is 2.21. The molecule has 0 aromatic heterocycles. The number of ether oxygens (including phenoxy) is 2. The van der Waals surface area contributed by atoms with Gasteiger partial charge in [-0.3, -0.25) is 5.84 Å². The molecule has 4 nitrogen and oxygen atoms in total. The number of hydrogen-bond acceptors (Lipinski definition) is 4. The number of methoxy groups -OCH3 is 2. The second-order valence-corrected chi connectivity index (χ2v) is 4.68. The van der Waals surface area contributed by atoms with Crippen molar-refractivity contribution in [1.29, 1.82) is 0 Å². The van der Waals surface area contributed by atoms with Crippen molar-refractivity contribution in [2.45, 2.75) is 13.0 Å². The van der Waals surface area contributed by atoms with E-state index in [4.69, 9.17) is 15.3 Å². The van der Waals surface area contributed by atoms with Gasteiger partial charge in [-0.1, -0.05) is 18.2 Å². The number of halogens is 1. The van der Waals surface area contributed by atoms with E-state index in [1.54, 1.807) is 20.3 Å². The van der Waals surface area contributed by atoms with Gasteiger partial charge in [0.05, 0.1) is 20.3 Å². The molecule has 0 radical (unpaired) electrons. The van der Waals surface area contributed by atoms with Gasteiger partial charge in [0.15, 0.2) is 11.5 Å². The van der Waals surface area contributed by atoms with Crippen LogP contribution in [0.5, 0.6) is 11.5 Å². The first-order chi connectivity index (χ1) is 10.1. The molecule has 21 heavy (non-hydrogen) atoms. The number of para-hydroxylation sites is 1. The van der Waals surface area contributed by atoms with Crippen LogP contribution in [0.1, 0.15) is 22.7 Å². The molecule has 2 aromatic carbocycles. The van der Waals surface area contributed by atoms with Gasteiger partial charge in [-0.15, -0.1) is 0 Å². The van der Waals surface area contributed by atoms with Gasteiger partial charge >= 0.3 is 0 Å². The standard InChI is InChI=1S/C16H19FN2O2/c1-10-9-11(17)7-8-12(10)15(19-18)13-5-4-6-14(20-2)16(13)21-3/h4-9,15,19H,18H2,1-3H3. The molecule has 5 heteroatoms. The smallest absolute Gasteiger partial charge is 0.165 e. The molecule has 0 amide bonds. The summed E-state index contributed by atoms with van der Waals surface area (Å²) >= 11 is 0. The van der Waals surface area contributed by atoms with E-state index in [1.165, 1.54) is 12.1 Å². The molecule has 0 spiro atoms. The van der Waals surface area contributed by atoms with Crippen molar-refractivity contribution in [3.05, 3.63) is 58.9 Å². The van der Waals surface area contributed by atoms with Gasteiger partial charge in [0, 0.05) is 5.56 Å². The maximum Gasteiger partial charge on any atom is 0.165 e. The quantitative estimate of drug-likeness (QED) is 0.656. The van der Waals surface area contributed by atoms with Crippen molar-refractivity contribution in [2.75, 3.05) is 14.2 Å². The molecular weight excluding hydrogens is 271 g/mol. The van der Waals surface area contributed by atoms with Crippen molar-refractivity contribution in [3.8, 4) is 11.5 Å². The number of rotatable bonds is 5. The topological polar surface area (TPSA) is 56.5 Å². The molecule has 0 aliphatic carbocycles. The molecule has 0 bridgehead atoms. The predicted octanol–water partition coefficient (Wildman–Crippen LogP) is 2.70. The first kappa shape index (κ1) is 15.3. The first-order valence-corrected chi connectivity index (χ1v) is 6.55. The maximum atomic E-state index is 13.3. The maximum absolute atomic E-state index is 13.3. The highest BCUT2D eigenvalue weighted by Crippen LogP contribution is 2.37. The van der Waals surface area contributed by atoms with Crippen LogP contribution in [0.2, 0.25) is 0 Å². The van der Waals surface area contributed by atoms with Gasteiger partial charge in [-0.05, 0) is 36.2 Å². The summed E-state index contributed by atoms with van der Waals surface area (Å²) in [5.41, 5.74) is 5.28. The lowest BCUT2D eigenvalue weighted by atomic mass is 9.94. The summed E-state index contributed by atoms with van der Waals surface area (Å²) in [7, 11) is 3.15. The largest absolute Gasteiger partial charge is 0.493 e. The average molecular weight is 290 g/mol. The molecule has 0 heterocycles. The zero-order valence-electron chi connectivity index (χ0n) is 12.3. The molecule has 2 aromatic rings. The minimum atomic E-state index is -0.323. The van der Waals surface area contributed by atoms with Crippen molar-refractivity contribution >= 4 is 0 Å². The second-order valence-electron chi connectivity index (χ2n) is 4.68. The van der Waals surface area contributed by atoms with E-state index in [9.17, 15) is 4.39 Å². The number of hydrazine groups is 1. The van der Waals surface area contributed by atoms with Crippen LogP contribution in [0.25, 0.3) is 0 Å². The normalized spacial score (nSPS) is 12.0. The fraction of sp³-hybridized carbons (Fsp3) is 0.250. The van der Waals surface area contributed by atoms with E-state index < -0.39 is 0 Å². The third-order valence-corrected chi connectivity index (χ3v) is 3.45. The van der Waals surface area contributed by atoms with Crippen LogP contribution in [-0.4, -0.2) is 14.2 Å². The van der Waals surface area contributed by atoms with Crippen molar-refractivity contribution in [3.63, 3.8) is 0 Å². The summed E-state index contributed by atoms with van der Waals surface area (Å²) in [6.07, 6.45) is 0. The van der Waals surface area contributed by atoms with Crippen LogP contribution in [0, 0.1) is 12.7 Å². The van der Waals surface area contributed by atoms with Gasteiger partial charge in [-0.2, -0.15) is 0 Å². The van der Waals surface area contributed by atoms with Crippen molar-refractivity contribution < 1.29 is 13.9 Å². The minimum absolute atomic E-state index is 0.273. The van der Waals surface area contributed by atoms with E-state index in [-0.39, 0.29) is 11.9 Å². The van der Waals surface area contributed by atoms with Crippen molar-refractivity contribution in [1.82, 2.24) is 5.43 Å². The highest BCUT2D eigenvalue weighted by atomic mass is 19.1. The Kier molecular flexibility index (Phi) is 4.77. The van der Waals surface area contributed by atoms with Crippen LogP contribution in [0.3, 0.4) is 0 Å². The van der Waals surface area contributed by atoms with Crippen LogP contribution in [0.4, 0.5) is 4.39 Å². The summed E-state index contributed by atoms with van der Waals surface area (Å²) in [5.74, 6) is 6.67. The Morgan fingerprint density at radius 2 is 1.86 bits per heavy atom. The molecule has 2 rings (SSSR count). The monoisotopic (exact) mass is 290 g/mol. The molecule has 1 atom stereocenters. The van der Waals surface area contributed by atoms with E-state index in [0.717, 1.165) is 16.7 Å². The fourth-order valence-electron chi connectivity index (χ4n) is 2.45. The van der Waals surface area contributed by atoms with Gasteiger partial charge < -0.3 is 9.47 Å². The third kappa shape index (κ3) is 2.99. The summed E-state index contributed by atoms with van der Waals surface area (Å²) in [6.45, 7) is 1.84. The SMILES string of the molecule is COc1cccc(C(NN)c2ccc(F)cc2C)c1OC. The Morgan fingerprint density at radius 1 is 1.10 bits per heavy atom. The van der Waals surface area contributed by atoms with Gasteiger partial charge in [0.2, 0.25) is 0 Å². The lowest BCUT2D eigenvalue weighted by Gasteiger charge is -2.22. The van der Waals surface area contributed by atoms with Crippen LogP contribution >= 0.6 is 0 Å². The van der Waals surface area contributed by atoms with Crippen LogP contribution in [0.15, 0.2) is 36.4 Å². The number of benzene rings is 2. The zero-order chi connectivity index (χ0) is 15.4. The summed E-state index contributed by atoms with van der Waals surface area (Å²) in [4.78, 5) is 0. The predicted molar refractivity (Wildman–Crippen MR) is 79.8 cm³/mol. The van der Waals surface area contributed by atoms with Crippen LogP contribution in [-0.2, 0) is 0 Å². The van der Waals surface area contributed by atoms with E-state index >= 15 is 0 Å². The average Bonchev–Trinajstić information content (AvgIpc) is 2.49. The molecule has 0 aliphatic heterocycles. The molecular formula is C16H19FN2O2. The Labute approximate surface area is 123 Å². The number of nitrogens with two attached hydrogens (primary N) is 1. The summed E-state index contributed by atoms with van der Waals surface area (Å²) in [6, 6.07) is 9.86. The van der Waals surface area contributed by atoms with Crippen molar-refractivity contribution in [2.24, 2.45) is 5.84 Å². The molecule has 112 valence electrons. The molecule has 0 fully saturated rings. The van der Waals surface area contributed by atoms with E-state index in [0.29, 0.717) is 11.5 Å². The number of aryl methyl sites for hydroxylation is 1. The molecule has 3 N–H and O–H groups in total. The van der Waals surface area contributed by atoms with E-state index in [2.05, 4.69) is 5.43 Å². The molecule has 0 saturated carbocycles. The minimum Gasteiger partial charge on any atom is -0.493 e. The zero-order valence-corrected chi connectivity index (χ0v) is 12.3. The van der Waals surface area contributed by atoms with Gasteiger partial charge in [0.1, 0.15) is 5.82 Å². The van der Waals surface area contributed by atoms with Gasteiger partial charge in [-0.25, -0.2) is 9.82 Å². The Hall–Kier alpha value is -2.11. The van der Waals surface area contributed by atoms with E-state index in [1.807, 2.05) is 25.1 Å². The lowest BCUT2D eigenvalue weighted by Crippen LogP contribution is -2.29. The number of hydrogen-bond donors (Lipinski definition) is 2. The molecule has 0 aliphatic rings. The third-order valence-electron chi connectivity index (χ3n) is 3.45. The Balaban J connectivity index is 2.56. The fourth-order valence-corrected chi connectivity index (χ4v) is 2.45.